The van der Waals surface area contributed by atoms with E-state index in [1.807, 2.05) is 0 Å². The number of carbonyl (C=O) groups excluding carboxylic acids is 1. The van der Waals surface area contributed by atoms with Gasteiger partial charge in [0.1, 0.15) is 6.04 Å². The first kappa shape index (κ1) is 13.0. The van der Waals surface area contributed by atoms with Gasteiger partial charge in [0.25, 0.3) is 0 Å². The van der Waals surface area contributed by atoms with Crippen LogP contribution in [0.4, 0.5) is 10.5 Å². The predicted molar refractivity (Wildman–Crippen MR) is 64.8 cm³/mol. The number of urea groups is 1. The van der Waals surface area contributed by atoms with Crippen molar-refractivity contribution >= 4 is 17.7 Å². The summed E-state index contributed by atoms with van der Waals surface area (Å²) in [6, 6.07) is 6.82. The van der Waals surface area contributed by atoms with Gasteiger partial charge in [-0.15, -0.1) is 0 Å². The smallest absolute Gasteiger partial charge is 0.327 e. The minimum Gasteiger partial charge on any atom is -0.480 e. The maximum atomic E-state index is 11.4. The van der Waals surface area contributed by atoms with Gasteiger partial charge in [0.15, 0.2) is 0 Å². The summed E-state index contributed by atoms with van der Waals surface area (Å²) in [6.07, 6.45) is 0. The molecule has 1 aromatic rings. The van der Waals surface area contributed by atoms with Crippen molar-refractivity contribution in [3.05, 3.63) is 30.3 Å². The number of hydrogen-bond donors (Lipinski definition) is 2. The second-order valence-corrected chi connectivity index (χ2v) is 4.07. The van der Waals surface area contributed by atoms with Crippen LogP contribution in [0.25, 0.3) is 0 Å². The molecule has 1 atom stereocenters. The predicted octanol–water partition coefficient (Wildman–Crippen LogP) is 1.68. The first-order valence-electron chi connectivity index (χ1n) is 5.31. The maximum absolute atomic E-state index is 11.4. The zero-order valence-corrected chi connectivity index (χ0v) is 9.83. The molecule has 0 aromatic heterocycles. The highest BCUT2D eigenvalue weighted by atomic mass is 16.4. The quantitative estimate of drug-likeness (QED) is 0.834. The number of para-hydroxylation sites is 1. The summed E-state index contributed by atoms with van der Waals surface area (Å²) < 4.78 is 0. The Balaban J connectivity index is 3.17. The normalized spacial score (nSPS) is 12.2. The Bertz CT molecular complexity index is 403. The summed E-state index contributed by atoms with van der Waals surface area (Å²) in [5, 5.41) is 9.17. The number of carboxylic acids is 1. The number of amides is 2. The fraction of sp³-hybridized carbons (Fsp3) is 0.333. The lowest BCUT2D eigenvalue weighted by molar-refractivity contribution is -0.139. The van der Waals surface area contributed by atoms with E-state index in [9.17, 15) is 14.7 Å². The molecule has 0 bridgehead atoms. The lowest BCUT2D eigenvalue weighted by atomic mass is 10.0. The van der Waals surface area contributed by atoms with Crippen LogP contribution in [-0.2, 0) is 4.79 Å². The van der Waals surface area contributed by atoms with Crippen LogP contribution in [0.1, 0.15) is 13.8 Å². The highest BCUT2D eigenvalue weighted by Crippen LogP contribution is 2.20. The Labute approximate surface area is 99.8 Å². The first-order valence-corrected chi connectivity index (χ1v) is 5.31. The van der Waals surface area contributed by atoms with Crippen LogP contribution in [0, 0.1) is 5.92 Å². The van der Waals surface area contributed by atoms with Crippen LogP contribution in [0.15, 0.2) is 30.3 Å². The molecule has 0 aliphatic carbocycles. The van der Waals surface area contributed by atoms with E-state index in [0.717, 1.165) is 4.90 Å². The molecule has 92 valence electrons. The fourth-order valence-electron chi connectivity index (χ4n) is 1.71. The maximum Gasteiger partial charge on any atom is 0.327 e. The molecule has 0 aliphatic rings. The van der Waals surface area contributed by atoms with Crippen molar-refractivity contribution in [2.45, 2.75) is 19.9 Å². The molecule has 5 nitrogen and oxygen atoms in total. The number of benzene rings is 1. The third-order valence-corrected chi connectivity index (χ3v) is 2.43. The van der Waals surface area contributed by atoms with E-state index in [1.54, 1.807) is 44.2 Å². The number of primary amides is 1. The molecule has 3 N–H and O–H groups in total. The summed E-state index contributed by atoms with van der Waals surface area (Å²) >= 11 is 0. The number of anilines is 1. The second-order valence-electron chi connectivity index (χ2n) is 4.07. The molecular weight excluding hydrogens is 220 g/mol. The molecule has 0 aliphatic heterocycles. The zero-order valence-electron chi connectivity index (χ0n) is 9.83. The SMILES string of the molecule is CC(C)C(C(=O)O)N(C(N)=O)c1ccccc1. The van der Waals surface area contributed by atoms with Crippen LogP contribution < -0.4 is 10.6 Å². The number of carbonyl (C=O) groups is 2. The highest BCUT2D eigenvalue weighted by molar-refractivity contribution is 5.97. The summed E-state index contributed by atoms with van der Waals surface area (Å²) in [4.78, 5) is 23.7. The van der Waals surface area contributed by atoms with Gasteiger partial charge in [-0.1, -0.05) is 32.0 Å². The van der Waals surface area contributed by atoms with E-state index in [2.05, 4.69) is 0 Å². The molecule has 1 unspecified atom stereocenters. The summed E-state index contributed by atoms with van der Waals surface area (Å²) in [6.45, 7) is 3.47. The average molecular weight is 236 g/mol. The van der Waals surface area contributed by atoms with E-state index >= 15 is 0 Å². The Morgan fingerprint density at radius 3 is 2.12 bits per heavy atom. The number of nitrogens with two attached hydrogens (primary N) is 1. The van der Waals surface area contributed by atoms with Crippen molar-refractivity contribution in [1.82, 2.24) is 0 Å². The first-order chi connectivity index (χ1) is 7.95. The lowest BCUT2D eigenvalue weighted by Crippen LogP contribution is -2.50. The Morgan fingerprint density at radius 1 is 1.24 bits per heavy atom. The molecule has 0 saturated heterocycles. The monoisotopic (exact) mass is 236 g/mol. The van der Waals surface area contributed by atoms with Crippen molar-refractivity contribution in [2.24, 2.45) is 11.7 Å². The molecule has 0 radical (unpaired) electrons. The van der Waals surface area contributed by atoms with Crippen molar-refractivity contribution in [2.75, 3.05) is 4.90 Å². The van der Waals surface area contributed by atoms with Gasteiger partial charge in [0, 0.05) is 5.69 Å². The van der Waals surface area contributed by atoms with Gasteiger partial charge in [0.05, 0.1) is 0 Å². The highest BCUT2D eigenvalue weighted by Gasteiger charge is 2.32. The third kappa shape index (κ3) is 2.96. The van der Waals surface area contributed by atoms with Gasteiger partial charge >= 0.3 is 12.0 Å². The Hall–Kier alpha value is -2.04. The molecule has 1 aromatic carbocycles. The van der Waals surface area contributed by atoms with Crippen LogP contribution in [0.5, 0.6) is 0 Å². The third-order valence-electron chi connectivity index (χ3n) is 2.43. The molecule has 0 saturated carbocycles. The van der Waals surface area contributed by atoms with E-state index in [1.165, 1.54) is 0 Å². The van der Waals surface area contributed by atoms with Crippen molar-refractivity contribution < 1.29 is 14.7 Å². The summed E-state index contributed by atoms with van der Waals surface area (Å²) in [7, 11) is 0. The van der Waals surface area contributed by atoms with Crippen LogP contribution in [-0.4, -0.2) is 23.1 Å². The molecule has 0 fully saturated rings. The van der Waals surface area contributed by atoms with E-state index in [-0.39, 0.29) is 5.92 Å². The molecule has 0 heterocycles. The van der Waals surface area contributed by atoms with Crippen LogP contribution >= 0.6 is 0 Å². The van der Waals surface area contributed by atoms with Gasteiger partial charge in [-0.05, 0) is 18.1 Å². The molecular formula is C12H16N2O3. The van der Waals surface area contributed by atoms with E-state index < -0.39 is 18.0 Å². The van der Waals surface area contributed by atoms with Gasteiger partial charge in [-0.2, -0.15) is 0 Å². The van der Waals surface area contributed by atoms with E-state index in [4.69, 9.17) is 5.73 Å². The summed E-state index contributed by atoms with van der Waals surface area (Å²) in [5.41, 5.74) is 5.76. The molecule has 5 heteroatoms. The minimum absolute atomic E-state index is 0.236. The summed E-state index contributed by atoms with van der Waals surface area (Å²) in [5.74, 6) is -1.30. The molecule has 2 amide bonds. The molecule has 0 spiro atoms. The number of carboxylic acid groups (broad SMARTS) is 1. The Morgan fingerprint density at radius 2 is 1.76 bits per heavy atom. The zero-order chi connectivity index (χ0) is 13.0. The number of nitrogens with zero attached hydrogens (tertiary/aromatic N) is 1. The van der Waals surface area contributed by atoms with Gasteiger partial charge in [-0.25, -0.2) is 9.59 Å². The number of rotatable bonds is 4. The standard InChI is InChI=1S/C12H16N2O3/c1-8(2)10(11(15)16)14(12(13)17)9-6-4-3-5-7-9/h3-8,10H,1-2H3,(H2,13,17)(H,15,16). The van der Waals surface area contributed by atoms with Crippen LogP contribution in [0.2, 0.25) is 0 Å². The number of hydrogen-bond acceptors (Lipinski definition) is 2. The number of aliphatic carboxylic acids is 1. The van der Waals surface area contributed by atoms with Gasteiger partial charge in [-0.3, -0.25) is 4.90 Å². The second kappa shape index (κ2) is 5.34. The average Bonchev–Trinajstić information content (AvgIpc) is 2.25. The largest absolute Gasteiger partial charge is 0.480 e. The lowest BCUT2D eigenvalue weighted by Gasteiger charge is -2.29. The Kier molecular flexibility index (Phi) is 4.09. The van der Waals surface area contributed by atoms with E-state index in [0.29, 0.717) is 5.69 Å². The van der Waals surface area contributed by atoms with Crippen molar-refractivity contribution in [3.63, 3.8) is 0 Å². The van der Waals surface area contributed by atoms with Crippen LogP contribution in [0.3, 0.4) is 0 Å². The van der Waals surface area contributed by atoms with Crippen molar-refractivity contribution in [1.29, 1.82) is 0 Å². The minimum atomic E-state index is -1.07. The van der Waals surface area contributed by atoms with Crippen molar-refractivity contribution in [3.8, 4) is 0 Å². The van der Waals surface area contributed by atoms with Gasteiger partial charge in [0.2, 0.25) is 0 Å². The van der Waals surface area contributed by atoms with Gasteiger partial charge < -0.3 is 10.8 Å². The topological polar surface area (TPSA) is 83.6 Å². The molecule has 1 rings (SSSR count). The molecule has 17 heavy (non-hydrogen) atoms. The fourth-order valence-corrected chi connectivity index (χ4v) is 1.71.